The molecule has 0 saturated carbocycles. The van der Waals surface area contributed by atoms with E-state index >= 15 is 0 Å². The maximum absolute atomic E-state index is 12.5. The molecule has 0 fully saturated rings. The first-order valence-electron chi connectivity index (χ1n) is 7.83. The molecule has 2 N–H and O–H groups in total. The molecule has 132 valence electrons. The summed E-state index contributed by atoms with van der Waals surface area (Å²) in [6, 6.07) is 7.58. The highest BCUT2D eigenvalue weighted by Gasteiger charge is 2.13. The van der Waals surface area contributed by atoms with Crippen molar-refractivity contribution < 1.29 is 9.90 Å². The number of carbonyl (C=O) groups excluding carboxylic acids is 1. The maximum Gasteiger partial charge on any atom is 0.264 e. The standard InChI is InChI=1S/C16H14N6O3S/c23-6-5-22-14-10(7-18-22)15(25)21(9-17-14)8-13(24)20-16-19-11-3-1-2-4-12(11)26-16/h1-4,7,9,23H,5-6,8H2,(H,19,20,24). The topological polar surface area (TPSA) is 115 Å². The van der Waals surface area contributed by atoms with Gasteiger partial charge in [0.15, 0.2) is 10.8 Å². The zero-order valence-electron chi connectivity index (χ0n) is 13.5. The SMILES string of the molecule is O=C(Cn1cnc2c(cnn2CCO)c1=O)Nc1nc2ccccc2s1. The van der Waals surface area contributed by atoms with Crippen LogP contribution in [0, 0.1) is 0 Å². The van der Waals surface area contributed by atoms with Gasteiger partial charge >= 0.3 is 0 Å². The van der Waals surface area contributed by atoms with E-state index in [1.54, 1.807) is 0 Å². The highest BCUT2D eigenvalue weighted by atomic mass is 32.1. The first-order valence-corrected chi connectivity index (χ1v) is 8.64. The van der Waals surface area contributed by atoms with Crippen molar-refractivity contribution in [2.24, 2.45) is 0 Å². The normalized spacial score (nSPS) is 11.3. The molecule has 0 aliphatic rings. The van der Waals surface area contributed by atoms with E-state index in [0.717, 1.165) is 10.2 Å². The van der Waals surface area contributed by atoms with Gasteiger partial charge in [0.1, 0.15) is 18.3 Å². The second-order valence-corrected chi connectivity index (χ2v) is 6.57. The number of nitrogens with one attached hydrogen (secondary N) is 1. The molecule has 9 nitrogen and oxygen atoms in total. The summed E-state index contributed by atoms with van der Waals surface area (Å²) >= 11 is 1.37. The summed E-state index contributed by atoms with van der Waals surface area (Å²) in [4.78, 5) is 33.3. The van der Waals surface area contributed by atoms with Crippen molar-refractivity contribution >= 4 is 43.6 Å². The van der Waals surface area contributed by atoms with E-state index in [9.17, 15) is 9.59 Å². The van der Waals surface area contributed by atoms with E-state index in [4.69, 9.17) is 5.11 Å². The third kappa shape index (κ3) is 2.95. The molecule has 0 aliphatic heterocycles. The zero-order valence-corrected chi connectivity index (χ0v) is 14.3. The molecular formula is C16H14N6O3S. The van der Waals surface area contributed by atoms with Crippen LogP contribution < -0.4 is 10.9 Å². The summed E-state index contributed by atoms with van der Waals surface area (Å²) in [5.74, 6) is -0.366. The third-order valence-corrected chi connectivity index (χ3v) is 4.74. The molecule has 4 rings (SSSR count). The van der Waals surface area contributed by atoms with Crippen LogP contribution in [0.1, 0.15) is 0 Å². The van der Waals surface area contributed by atoms with Crippen LogP contribution in [0.4, 0.5) is 5.13 Å². The minimum Gasteiger partial charge on any atom is -0.394 e. The molecule has 0 atom stereocenters. The number of amides is 1. The molecule has 4 aromatic rings. The largest absolute Gasteiger partial charge is 0.394 e. The lowest BCUT2D eigenvalue weighted by Gasteiger charge is -2.05. The summed E-state index contributed by atoms with van der Waals surface area (Å²) < 4.78 is 3.64. The predicted molar refractivity (Wildman–Crippen MR) is 97.1 cm³/mol. The average Bonchev–Trinajstić information content (AvgIpc) is 3.21. The number of hydrogen-bond acceptors (Lipinski definition) is 7. The van der Waals surface area contributed by atoms with Gasteiger partial charge in [0, 0.05) is 0 Å². The highest BCUT2D eigenvalue weighted by Crippen LogP contribution is 2.25. The second kappa shape index (κ2) is 6.65. The van der Waals surface area contributed by atoms with Gasteiger partial charge in [-0.15, -0.1) is 0 Å². The van der Waals surface area contributed by atoms with Crippen molar-refractivity contribution in [3.8, 4) is 0 Å². The lowest BCUT2D eigenvalue weighted by molar-refractivity contribution is -0.116. The van der Waals surface area contributed by atoms with Crippen LogP contribution in [0.25, 0.3) is 21.3 Å². The Morgan fingerprint density at radius 1 is 1.31 bits per heavy atom. The predicted octanol–water partition coefficient (Wildman–Crippen LogP) is 0.834. The van der Waals surface area contributed by atoms with E-state index in [1.807, 2.05) is 24.3 Å². The molecule has 1 aromatic carbocycles. The lowest BCUT2D eigenvalue weighted by Crippen LogP contribution is -2.27. The van der Waals surface area contributed by atoms with Crippen LogP contribution in [0.5, 0.6) is 0 Å². The summed E-state index contributed by atoms with van der Waals surface area (Å²) in [5, 5.41) is 16.5. The first kappa shape index (κ1) is 16.4. The van der Waals surface area contributed by atoms with Crippen molar-refractivity contribution in [3.63, 3.8) is 0 Å². The Labute approximate surface area is 150 Å². The van der Waals surface area contributed by atoms with Gasteiger partial charge in [-0.1, -0.05) is 23.5 Å². The molecule has 10 heteroatoms. The third-order valence-electron chi connectivity index (χ3n) is 3.79. The van der Waals surface area contributed by atoms with Gasteiger partial charge in [-0.2, -0.15) is 5.10 Å². The molecule has 0 aliphatic carbocycles. The van der Waals surface area contributed by atoms with Gasteiger partial charge < -0.3 is 10.4 Å². The van der Waals surface area contributed by atoms with Crippen molar-refractivity contribution in [1.29, 1.82) is 0 Å². The lowest BCUT2D eigenvalue weighted by atomic mass is 10.3. The van der Waals surface area contributed by atoms with Crippen LogP contribution in [0.15, 0.2) is 41.6 Å². The number of hydrogen-bond donors (Lipinski definition) is 2. The van der Waals surface area contributed by atoms with Crippen LogP contribution >= 0.6 is 11.3 Å². The number of para-hydroxylation sites is 1. The van der Waals surface area contributed by atoms with E-state index < -0.39 is 0 Å². The first-order chi connectivity index (χ1) is 12.7. The Bertz CT molecular complexity index is 1130. The zero-order chi connectivity index (χ0) is 18.1. The van der Waals surface area contributed by atoms with Crippen molar-refractivity contribution in [2.45, 2.75) is 13.1 Å². The molecule has 0 unspecified atom stereocenters. The fraction of sp³-hybridized carbons (Fsp3) is 0.188. The minimum atomic E-state index is -0.366. The van der Waals surface area contributed by atoms with E-state index in [2.05, 4.69) is 20.4 Å². The van der Waals surface area contributed by atoms with Gasteiger partial charge in [0.05, 0.1) is 29.6 Å². The van der Waals surface area contributed by atoms with Crippen LogP contribution in [0.2, 0.25) is 0 Å². The monoisotopic (exact) mass is 370 g/mol. The number of rotatable bonds is 5. The number of aliphatic hydroxyl groups is 1. The van der Waals surface area contributed by atoms with E-state index in [1.165, 1.54) is 33.1 Å². The number of aliphatic hydroxyl groups excluding tert-OH is 1. The molecule has 3 aromatic heterocycles. The molecule has 0 radical (unpaired) electrons. The number of benzene rings is 1. The van der Waals surface area contributed by atoms with Gasteiger partial charge in [-0.05, 0) is 12.1 Å². The fourth-order valence-corrected chi connectivity index (χ4v) is 3.49. The summed E-state index contributed by atoms with van der Waals surface area (Å²) in [5.41, 5.74) is 0.829. The van der Waals surface area contributed by atoms with Gasteiger partial charge in [-0.3, -0.25) is 14.2 Å². The number of aromatic nitrogens is 5. The Kier molecular flexibility index (Phi) is 4.19. The number of nitrogens with zero attached hydrogens (tertiary/aromatic N) is 5. The van der Waals surface area contributed by atoms with Crippen molar-refractivity contribution in [2.75, 3.05) is 11.9 Å². The number of carbonyl (C=O) groups is 1. The molecule has 3 heterocycles. The molecule has 0 bridgehead atoms. The van der Waals surface area contributed by atoms with Crippen LogP contribution in [0.3, 0.4) is 0 Å². The minimum absolute atomic E-state index is 0.105. The molecule has 1 amide bonds. The smallest absolute Gasteiger partial charge is 0.264 e. The average molecular weight is 370 g/mol. The Morgan fingerprint density at radius 2 is 2.15 bits per heavy atom. The molecule has 26 heavy (non-hydrogen) atoms. The number of thiazole rings is 1. The second-order valence-electron chi connectivity index (χ2n) is 5.54. The van der Waals surface area contributed by atoms with Crippen LogP contribution in [-0.4, -0.2) is 41.9 Å². The van der Waals surface area contributed by atoms with Gasteiger partial charge in [0.25, 0.3) is 5.56 Å². The van der Waals surface area contributed by atoms with Crippen molar-refractivity contribution in [3.05, 3.63) is 47.1 Å². The summed E-state index contributed by atoms with van der Waals surface area (Å²) in [6.07, 6.45) is 2.69. The summed E-state index contributed by atoms with van der Waals surface area (Å²) in [6.45, 7) is -0.0347. The maximum atomic E-state index is 12.5. The van der Waals surface area contributed by atoms with Crippen LogP contribution in [-0.2, 0) is 17.9 Å². The van der Waals surface area contributed by atoms with E-state index in [0.29, 0.717) is 16.2 Å². The Balaban J connectivity index is 1.55. The quantitative estimate of drug-likeness (QED) is 0.538. The Morgan fingerprint density at radius 3 is 2.96 bits per heavy atom. The van der Waals surface area contributed by atoms with Gasteiger partial charge in [-0.25, -0.2) is 14.6 Å². The molecule has 0 saturated heterocycles. The highest BCUT2D eigenvalue weighted by molar-refractivity contribution is 7.22. The van der Waals surface area contributed by atoms with Gasteiger partial charge in [0.2, 0.25) is 5.91 Å². The number of anilines is 1. The van der Waals surface area contributed by atoms with Crippen molar-refractivity contribution in [1.82, 2.24) is 24.3 Å². The molecular weight excluding hydrogens is 356 g/mol. The number of fused-ring (bicyclic) bond motifs is 2. The van der Waals surface area contributed by atoms with E-state index in [-0.39, 0.29) is 31.2 Å². The molecule has 0 spiro atoms. The summed E-state index contributed by atoms with van der Waals surface area (Å²) in [7, 11) is 0. The Hall–Kier alpha value is -3.11. The fourth-order valence-electron chi connectivity index (χ4n) is 2.61.